The number of carbonyl (C=O) groups excluding carboxylic acids is 1. The molecule has 0 spiro atoms. The Labute approximate surface area is 207 Å². The summed E-state index contributed by atoms with van der Waals surface area (Å²) >= 11 is 0. The van der Waals surface area contributed by atoms with Crippen LogP contribution in [0.5, 0.6) is 0 Å². The monoisotopic (exact) mass is 472 g/mol. The van der Waals surface area contributed by atoms with Crippen LogP contribution in [0.1, 0.15) is 13.8 Å². The average molecular weight is 473 g/mol. The molecule has 6 aromatic rings. The van der Waals surface area contributed by atoms with Crippen LogP contribution in [0.3, 0.4) is 0 Å². The number of aromatic amines is 2. The van der Waals surface area contributed by atoms with E-state index in [1.165, 1.54) is 0 Å². The molecule has 0 fully saturated rings. The van der Waals surface area contributed by atoms with Crippen LogP contribution in [0.4, 0.5) is 5.69 Å². The van der Waals surface area contributed by atoms with E-state index in [-0.39, 0.29) is 11.8 Å². The number of pyridine rings is 2. The Morgan fingerprint density at radius 2 is 1.69 bits per heavy atom. The maximum atomic E-state index is 12.1. The Morgan fingerprint density at radius 3 is 2.53 bits per heavy atom. The summed E-state index contributed by atoms with van der Waals surface area (Å²) in [5, 5.41) is 12.8. The lowest BCUT2D eigenvalue weighted by molar-refractivity contribution is -0.118. The third-order valence-corrected chi connectivity index (χ3v) is 6.34. The van der Waals surface area contributed by atoms with E-state index in [1.807, 2.05) is 56.6 Å². The highest BCUT2D eigenvalue weighted by molar-refractivity contribution is 6.02. The third kappa shape index (κ3) is 3.90. The van der Waals surface area contributed by atoms with Crippen molar-refractivity contribution in [2.75, 3.05) is 5.32 Å². The highest BCUT2D eigenvalue weighted by Crippen LogP contribution is 2.35. The van der Waals surface area contributed by atoms with E-state index in [4.69, 9.17) is 0 Å². The van der Waals surface area contributed by atoms with Crippen LogP contribution in [0, 0.1) is 5.92 Å². The zero-order valence-electron chi connectivity index (χ0n) is 19.9. The highest BCUT2D eigenvalue weighted by Gasteiger charge is 2.15. The summed E-state index contributed by atoms with van der Waals surface area (Å²) in [6.45, 7) is 3.73. The first kappa shape index (κ1) is 21.7. The average Bonchev–Trinajstić information content (AvgIpc) is 3.53. The lowest BCUT2D eigenvalue weighted by Gasteiger charge is -2.09. The molecule has 0 radical (unpaired) electrons. The molecule has 7 heteroatoms. The van der Waals surface area contributed by atoms with Gasteiger partial charge in [0.2, 0.25) is 5.91 Å². The fraction of sp³-hybridized carbons (Fsp3) is 0.103. The number of aromatic nitrogens is 5. The van der Waals surface area contributed by atoms with E-state index in [9.17, 15) is 4.79 Å². The maximum Gasteiger partial charge on any atom is 0.226 e. The molecule has 0 aliphatic rings. The van der Waals surface area contributed by atoms with Gasteiger partial charge >= 0.3 is 0 Å². The Balaban J connectivity index is 1.41. The van der Waals surface area contributed by atoms with Gasteiger partial charge in [0.05, 0.1) is 23.1 Å². The molecule has 3 N–H and O–H groups in total. The summed E-state index contributed by atoms with van der Waals surface area (Å²) < 4.78 is 0. The lowest BCUT2D eigenvalue weighted by Crippen LogP contribution is -2.17. The summed E-state index contributed by atoms with van der Waals surface area (Å²) in [6, 6.07) is 20.5. The van der Waals surface area contributed by atoms with Gasteiger partial charge in [0, 0.05) is 46.4 Å². The Morgan fingerprint density at radius 1 is 0.833 bits per heavy atom. The molecular formula is C29H24N6O. The molecule has 0 aliphatic carbocycles. The molecule has 0 saturated carbocycles. The Hall–Kier alpha value is -4.78. The molecule has 6 rings (SSSR count). The van der Waals surface area contributed by atoms with E-state index >= 15 is 0 Å². The van der Waals surface area contributed by atoms with Crippen LogP contribution in [0.15, 0.2) is 85.5 Å². The molecule has 0 bridgehead atoms. The molecule has 4 aromatic heterocycles. The molecule has 176 valence electrons. The summed E-state index contributed by atoms with van der Waals surface area (Å²) in [5.74, 6) is -0.139. The lowest BCUT2D eigenvalue weighted by atomic mass is 10.0. The molecule has 0 unspecified atom stereocenters. The molecule has 0 aliphatic heterocycles. The van der Waals surface area contributed by atoms with Crippen LogP contribution in [0.25, 0.3) is 55.4 Å². The fourth-order valence-corrected chi connectivity index (χ4v) is 4.42. The predicted octanol–water partition coefficient (Wildman–Crippen LogP) is 6.43. The first-order chi connectivity index (χ1) is 17.6. The van der Waals surface area contributed by atoms with E-state index < -0.39 is 0 Å². The standard InChI is InChI=1S/C29H24N6O/c1-17(2)29(36)32-21-12-20(15-31-16-21)19-6-7-26-24(13-19)28(35-34-26)27-14-23-22(4-3-5-25(23)33-27)18-8-10-30-11-9-18/h3-17,33H,1-2H3,(H,32,36)(H,34,35). The van der Waals surface area contributed by atoms with Crippen LogP contribution in [-0.2, 0) is 4.79 Å². The number of nitrogens with one attached hydrogen (secondary N) is 3. The van der Waals surface area contributed by atoms with Gasteiger partial charge in [0.15, 0.2) is 0 Å². The number of H-pyrrole nitrogens is 2. The molecule has 0 atom stereocenters. The summed E-state index contributed by atoms with van der Waals surface area (Å²) in [4.78, 5) is 24.2. The van der Waals surface area contributed by atoms with E-state index in [0.29, 0.717) is 5.69 Å². The van der Waals surface area contributed by atoms with Crippen molar-refractivity contribution in [2.24, 2.45) is 5.92 Å². The van der Waals surface area contributed by atoms with Crippen molar-refractivity contribution in [1.29, 1.82) is 0 Å². The topological polar surface area (TPSA) is 99.3 Å². The van der Waals surface area contributed by atoms with Gasteiger partial charge in [0.1, 0.15) is 5.69 Å². The predicted molar refractivity (Wildman–Crippen MR) is 143 cm³/mol. The normalized spacial score (nSPS) is 11.4. The number of carbonyl (C=O) groups is 1. The van der Waals surface area contributed by atoms with Gasteiger partial charge in [-0.25, -0.2) is 0 Å². The molecule has 36 heavy (non-hydrogen) atoms. The zero-order chi connectivity index (χ0) is 24.6. The van der Waals surface area contributed by atoms with Crippen molar-refractivity contribution in [3.05, 3.63) is 85.5 Å². The van der Waals surface area contributed by atoms with Crippen molar-refractivity contribution in [3.8, 4) is 33.6 Å². The second-order valence-corrected chi connectivity index (χ2v) is 9.12. The number of rotatable bonds is 5. The Kier molecular flexibility index (Phi) is 5.30. The van der Waals surface area contributed by atoms with Crippen LogP contribution < -0.4 is 5.32 Å². The van der Waals surface area contributed by atoms with Gasteiger partial charge in [-0.1, -0.05) is 32.0 Å². The maximum absolute atomic E-state index is 12.1. The second kappa shape index (κ2) is 8.78. The van der Waals surface area contributed by atoms with Gasteiger partial charge < -0.3 is 10.3 Å². The first-order valence-electron chi connectivity index (χ1n) is 11.8. The number of benzene rings is 2. The Bertz CT molecular complexity index is 1710. The highest BCUT2D eigenvalue weighted by atomic mass is 16.1. The molecule has 0 saturated heterocycles. The van der Waals surface area contributed by atoms with E-state index in [0.717, 1.165) is 55.4 Å². The quantitative estimate of drug-likeness (QED) is 0.269. The van der Waals surface area contributed by atoms with Gasteiger partial charge in [-0.3, -0.25) is 19.9 Å². The van der Waals surface area contributed by atoms with Crippen molar-refractivity contribution in [2.45, 2.75) is 13.8 Å². The number of hydrogen-bond acceptors (Lipinski definition) is 4. The fourth-order valence-electron chi connectivity index (χ4n) is 4.42. The first-order valence-corrected chi connectivity index (χ1v) is 11.8. The summed E-state index contributed by atoms with van der Waals surface area (Å²) in [7, 11) is 0. The molecule has 2 aromatic carbocycles. The largest absolute Gasteiger partial charge is 0.353 e. The molecule has 1 amide bonds. The van der Waals surface area contributed by atoms with Crippen molar-refractivity contribution in [1.82, 2.24) is 25.1 Å². The minimum atomic E-state index is -0.103. The zero-order valence-corrected chi connectivity index (χ0v) is 19.9. The number of amides is 1. The minimum Gasteiger partial charge on any atom is -0.353 e. The van der Waals surface area contributed by atoms with Crippen molar-refractivity contribution < 1.29 is 4.79 Å². The smallest absolute Gasteiger partial charge is 0.226 e. The molecule has 7 nitrogen and oxygen atoms in total. The van der Waals surface area contributed by atoms with E-state index in [2.05, 4.69) is 60.8 Å². The van der Waals surface area contributed by atoms with Gasteiger partial charge in [-0.2, -0.15) is 5.10 Å². The molecular weight excluding hydrogens is 448 g/mol. The van der Waals surface area contributed by atoms with E-state index in [1.54, 1.807) is 12.4 Å². The van der Waals surface area contributed by atoms with Crippen LogP contribution in [-0.4, -0.2) is 31.1 Å². The number of nitrogens with zero attached hydrogens (tertiary/aromatic N) is 3. The minimum absolute atomic E-state index is 0.0357. The number of fused-ring (bicyclic) bond motifs is 2. The van der Waals surface area contributed by atoms with Crippen molar-refractivity contribution in [3.63, 3.8) is 0 Å². The number of anilines is 1. The van der Waals surface area contributed by atoms with Gasteiger partial charge in [-0.05, 0) is 59.2 Å². The summed E-state index contributed by atoms with van der Waals surface area (Å²) in [6.07, 6.45) is 7.08. The summed E-state index contributed by atoms with van der Waals surface area (Å²) in [5.41, 5.74) is 8.62. The molecule has 4 heterocycles. The second-order valence-electron chi connectivity index (χ2n) is 9.12. The third-order valence-electron chi connectivity index (χ3n) is 6.34. The number of hydrogen-bond donors (Lipinski definition) is 3. The van der Waals surface area contributed by atoms with Crippen LogP contribution in [0.2, 0.25) is 0 Å². The van der Waals surface area contributed by atoms with Crippen molar-refractivity contribution >= 4 is 33.4 Å². The van der Waals surface area contributed by atoms with Gasteiger partial charge in [0.25, 0.3) is 0 Å². The van der Waals surface area contributed by atoms with Crippen LogP contribution >= 0.6 is 0 Å². The SMILES string of the molecule is CC(C)C(=O)Nc1cncc(-c2ccc3[nH]nc(-c4cc5c(-c6ccncc6)cccc5[nH]4)c3c2)c1. The van der Waals surface area contributed by atoms with Gasteiger partial charge in [-0.15, -0.1) is 0 Å².